The number of hydrogen-bond acceptors (Lipinski definition) is 3. The van der Waals surface area contributed by atoms with Gasteiger partial charge in [0.2, 0.25) is 0 Å². The zero-order valence-corrected chi connectivity index (χ0v) is 10.7. The van der Waals surface area contributed by atoms with Gasteiger partial charge in [0.1, 0.15) is 5.82 Å². The fraction of sp³-hybridized carbons (Fsp3) is 0.500. The van der Waals surface area contributed by atoms with Gasteiger partial charge in [-0.3, -0.25) is 4.21 Å². The van der Waals surface area contributed by atoms with Gasteiger partial charge in [0.05, 0.1) is 0 Å². The summed E-state index contributed by atoms with van der Waals surface area (Å²) in [6.07, 6.45) is 0. The molecule has 5 heteroatoms. The number of rotatable bonds is 3. The van der Waals surface area contributed by atoms with Crippen molar-refractivity contribution in [2.45, 2.75) is 6.54 Å². The zero-order valence-electron chi connectivity index (χ0n) is 9.91. The molecule has 0 bridgehead atoms. The summed E-state index contributed by atoms with van der Waals surface area (Å²) in [5.74, 6) is 1.17. The van der Waals surface area contributed by atoms with Gasteiger partial charge in [-0.25, -0.2) is 4.39 Å². The topological polar surface area (TPSA) is 32.3 Å². The summed E-state index contributed by atoms with van der Waals surface area (Å²) in [5, 5.41) is 2.99. The number of anilines is 1. The van der Waals surface area contributed by atoms with Gasteiger partial charge in [-0.2, -0.15) is 0 Å². The van der Waals surface area contributed by atoms with E-state index in [-0.39, 0.29) is 5.82 Å². The van der Waals surface area contributed by atoms with Gasteiger partial charge in [0.15, 0.2) is 0 Å². The van der Waals surface area contributed by atoms with Crippen molar-refractivity contribution in [3.8, 4) is 0 Å². The van der Waals surface area contributed by atoms with E-state index in [0.717, 1.165) is 18.8 Å². The Kier molecular flexibility index (Phi) is 4.12. The molecule has 17 heavy (non-hydrogen) atoms. The molecule has 3 nitrogen and oxygen atoms in total. The summed E-state index contributed by atoms with van der Waals surface area (Å²) in [4.78, 5) is 2.12. The number of halogens is 1. The SMILES string of the molecule is CNCc1c(F)cccc1N1CCS(=O)CC1. The molecule has 1 heterocycles. The molecule has 0 unspecified atom stereocenters. The molecule has 0 atom stereocenters. The maximum absolute atomic E-state index is 13.7. The number of nitrogens with one attached hydrogen (secondary N) is 1. The lowest BCUT2D eigenvalue weighted by molar-refractivity contribution is 0.599. The number of benzene rings is 1. The molecule has 1 aromatic carbocycles. The molecule has 2 rings (SSSR count). The normalized spacial score (nSPS) is 17.4. The van der Waals surface area contributed by atoms with E-state index < -0.39 is 10.8 Å². The Morgan fingerprint density at radius 3 is 2.76 bits per heavy atom. The monoisotopic (exact) mass is 256 g/mol. The molecule has 1 aromatic rings. The standard InChI is InChI=1S/C12H17FN2OS/c1-14-9-10-11(13)3-2-4-12(10)15-5-7-17(16)8-6-15/h2-4,14H,5-9H2,1H3. The van der Waals surface area contributed by atoms with E-state index in [9.17, 15) is 8.60 Å². The van der Waals surface area contributed by atoms with Gasteiger partial charge in [-0.1, -0.05) is 6.07 Å². The summed E-state index contributed by atoms with van der Waals surface area (Å²) in [6.45, 7) is 2.00. The molecule has 0 spiro atoms. The third-order valence-corrected chi connectivity index (χ3v) is 4.24. The summed E-state index contributed by atoms with van der Waals surface area (Å²) >= 11 is 0. The molecule has 1 fully saturated rings. The first kappa shape index (κ1) is 12.5. The van der Waals surface area contributed by atoms with Gasteiger partial charge in [-0.15, -0.1) is 0 Å². The second-order valence-corrected chi connectivity index (χ2v) is 5.80. The van der Waals surface area contributed by atoms with Gasteiger partial charge < -0.3 is 10.2 Å². The summed E-state index contributed by atoms with van der Waals surface area (Å²) < 4.78 is 25.1. The molecule has 1 N–H and O–H groups in total. The predicted molar refractivity (Wildman–Crippen MR) is 69.3 cm³/mol. The molecule has 0 amide bonds. The Hall–Kier alpha value is -0.940. The zero-order chi connectivity index (χ0) is 12.3. The van der Waals surface area contributed by atoms with E-state index in [1.165, 1.54) is 6.07 Å². The molecule has 0 saturated carbocycles. The van der Waals surface area contributed by atoms with E-state index in [4.69, 9.17) is 0 Å². The summed E-state index contributed by atoms with van der Waals surface area (Å²) in [7, 11) is 1.11. The van der Waals surface area contributed by atoms with Crippen LogP contribution in [0.3, 0.4) is 0 Å². The minimum Gasteiger partial charge on any atom is -0.369 e. The van der Waals surface area contributed by atoms with Crippen molar-refractivity contribution in [3.63, 3.8) is 0 Å². The highest BCUT2D eigenvalue weighted by molar-refractivity contribution is 7.85. The van der Waals surface area contributed by atoms with Gasteiger partial charge in [0.25, 0.3) is 0 Å². The maximum atomic E-state index is 13.7. The van der Waals surface area contributed by atoms with Crippen molar-refractivity contribution >= 4 is 16.5 Å². The molecule has 0 aromatic heterocycles. The first-order valence-corrected chi connectivity index (χ1v) is 7.23. The second-order valence-electron chi connectivity index (χ2n) is 4.10. The Bertz CT molecular complexity index is 415. The van der Waals surface area contributed by atoms with Crippen LogP contribution < -0.4 is 10.2 Å². The van der Waals surface area contributed by atoms with Gasteiger partial charge in [0, 0.05) is 53.2 Å². The Morgan fingerprint density at radius 2 is 2.12 bits per heavy atom. The minimum absolute atomic E-state index is 0.177. The predicted octanol–water partition coefficient (Wildman–Crippen LogP) is 1.11. The Balaban J connectivity index is 2.25. The Labute approximate surface area is 103 Å². The fourth-order valence-corrected chi connectivity index (χ4v) is 3.13. The highest BCUT2D eigenvalue weighted by Gasteiger charge is 2.19. The molecular weight excluding hydrogens is 239 g/mol. The summed E-state index contributed by atoms with van der Waals surface area (Å²) in [6, 6.07) is 5.15. The van der Waals surface area contributed by atoms with Crippen molar-refractivity contribution in [2.24, 2.45) is 0 Å². The molecular formula is C12H17FN2OS. The van der Waals surface area contributed by atoms with Crippen LogP contribution in [-0.4, -0.2) is 35.9 Å². The van der Waals surface area contributed by atoms with Crippen molar-refractivity contribution in [3.05, 3.63) is 29.6 Å². The Morgan fingerprint density at radius 1 is 1.41 bits per heavy atom. The molecule has 0 aliphatic carbocycles. The van der Waals surface area contributed by atoms with Crippen LogP contribution in [0.1, 0.15) is 5.56 Å². The van der Waals surface area contributed by atoms with Gasteiger partial charge >= 0.3 is 0 Å². The first-order chi connectivity index (χ1) is 8.22. The van der Waals surface area contributed by atoms with Crippen molar-refractivity contribution in [1.82, 2.24) is 5.32 Å². The van der Waals surface area contributed by atoms with E-state index in [2.05, 4.69) is 10.2 Å². The molecule has 1 aliphatic heterocycles. The lowest BCUT2D eigenvalue weighted by Gasteiger charge is -2.30. The molecule has 94 valence electrons. The van der Waals surface area contributed by atoms with Gasteiger partial charge in [-0.05, 0) is 19.2 Å². The summed E-state index contributed by atoms with van der Waals surface area (Å²) in [5.41, 5.74) is 1.62. The van der Waals surface area contributed by atoms with Crippen LogP contribution in [0.25, 0.3) is 0 Å². The molecule has 0 radical (unpaired) electrons. The third-order valence-electron chi connectivity index (χ3n) is 2.97. The highest BCUT2D eigenvalue weighted by atomic mass is 32.2. The van der Waals surface area contributed by atoms with Crippen LogP contribution in [0.4, 0.5) is 10.1 Å². The average Bonchev–Trinajstić information content (AvgIpc) is 2.33. The largest absolute Gasteiger partial charge is 0.369 e. The number of hydrogen-bond donors (Lipinski definition) is 1. The van der Waals surface area contributed by atoms with Crippen molar-refractivity contribution in [2.75, 3.05) is 36.5 Å². The second kappa shape index (κ2) is 5.60. The average molecular weight is 256 g/mol. The van der Waals surface area contributed by atoms with Crippen LogP contribution >= 0.6 is 0 Å². The van der Waals surface area contributed by atoms with Crippen molar-refractivity contribution < 1.29 is 8.60 Å². The van der Waals surface area contributed by atoms with E-state index in [1.807, 2.05) is 13.1 Å². The van der Waals surface area contributed by atoms with E-state index in [1.54, 1.807) is 6.07 Å². The van der Waals surface area contributed by atoms with Crippen LogP contribution in [-0.2, 0) is 17.3 Å². The molecule has 1 aliphatic rings. The maximum Gasteiger partial charge on any atom is 0.129 e. The lowest BCUT2D eigenvalue weighted by Crippen LogP contribution is -2.38. The van der Waals surface area contributed by atoms with Crippen molar-refractivity contribution in [1.29, 1.82) is 0 Å². The van der Waals surface area contributed by atoms with Crippen LogP contribution in [0, 0.1) is 5.82 Å². The fourth-order valence-electron chi connectivity index (χ4n) is 2.07. The third kappa shape index (κ3) is 2.84. The number of nitrogens with zero attached hydrogens (tertiary/aromatic N) is 1. The quantitative estimate of drug-likeness (QED) is 0.879. The smallest absolute Gasteiger partial charge is 0.129 e. The van der Waals surface area contributed by atoms with Crippen LogP contribution in [0.5, 0.6) is 0 Å². The molecule has 1 saturated heterocycles. The van der Waals surface area contributed by atoms with E-state index >= 15 is 0 Å². The lowest BCUT2D eigenvalue weighted by atomic mass is 10.1. The minimum atomic E-state index is -0.701. The van der Waals surface area contributed by atoms with Crippen LogP contribution in [0.15, 0.2) is 18.2 Å². The first-order valence-electron chi connectivity index (χ1n) is 5.74. The highest BCUT2D eigenvalue weighted by Crippen LogP contribution is 2.24. The van der Waals surface area contributed by atoms with Crippen LogP contribution in [0.2, 0.25) is 0 Å². The van der Waals surface area contributed by atoms with E-state index in [0.29, 0.717) is 23.6 Å².